The number of carboxylic acids is 4. The molecule has 0 aromatic rings. The molecule has 0 aliphatic heterocycles. The van der Waals surface area contributed by atoms with Crippen LogP contribution in [0.25, 0.3) is 0 Å². The molecule has 0 rings (SSSR count). The zero-order valence-electron chi connectivity index (χ0n) is 27.4. The number of carboxylic acid groups (broad SMARTS) is 4. The summed E-state index contributed by atoms with van der Waals surface area (Å²) in [5, 5.41) is 41.3. The quantitative estimate of drug-likeness (QED) is 0.170. The third kappa shape index (κ3) is 34.9. The number of hydrogen-bond donors (Lipinski definition) is 0. The Labute approximate surface area is 270 Å². The number of rotatable bonds is 20. The first-order valence-corrected chi connectivity index (χ1v) is 15.7. The van der Waals surface area contributed by atoms with E-state index in [0.717, 1.165) is 77.0 Å². The van der Waals surface area contributed by atoms with E-state index in [4.69, 9.17) is 0 Å². The molecule has 0 aromatic carbocycles. The van der Waals surface area contributed by atoms with Crippen molar-refractivity contribution in [3.05, 3.63) is 0 Å². The molecule has 0 fully saturated rings. The minimum absolute atomic E-state index is 0. The van der Waals surface area contributed by atoms with Crippen LogP contribution in [0.15, 0.2) is 0 Å². The Morgan fingerprint density at radius 2 is 0.537 bits per heavy atom. The molecule has 240 valence electrons. The van der Waals surface area contributed by atoms with Crippen molar-refractivity contribution in [3.63, 3.8) is 0 Å². The second-order valence-electron chi connectivity index (χ2n) is 10.3. The molecular formula is C32H60HfO8. The molecule has 0 radical (unpaired) electrons. The smallest absolute Gasteiger partial charge is 0.550 e. The van der Waals surface area contributed by atoms with Gasteiger partial charge in [-0.15, -0.1) is 0 Å². The first kappa shape index (κ1) is 49.4. The molecule has 8 nitrogen and oxygen atoms in total. The van der Waals surface area contributed by atoms with Crippen molar-refractivity contribution in [2.24, 2.45) is 23.7 Å². The van der Waals surface area contributed by atoms with Gasteiger partial charge in [-0.25, -0.2) is 0 Å². The Morgan fingerprint density at radius 3 is 0.610 bits per heavy atom. The summed E-state index contributed by atoms with van der Waals surface area (Å²) in [5.41, 5.74) is 0. The van der Waals surface area contributed by atoms with Crippen LogP contribution in [0.1, 0.15) is 158 Å². The number of hydrogen-bond acceptors (Lipinski definition) is 8. The van der Waals surface area contributed by atoms with E-state index in [0.29, 0.717) is 25.7 Å². The van der Waals surface area contributed by atoms with Crippen molar-refractivity contribution in [1.82, 2.24) is 0 Å². The Kier molecular flexibility index (Phi) is 44.3. The second kappa shape index (κ2) is 36.8. The first-order chi connectivity index (χ1) is 18.9. The van der Waals surface area contributed by atoms with Crippen LogP contribution in [-0.4, -0.2) is 23.9 Å². The predicted octanol–water partition coefficient (Wildman–Crippen LogP) is 3.81. The largest absolute Gasteiger partial charge is 4.00 e. The normalized spacial score (nSPS) is 12.7. The molecule has 0 bridgehead atoms. The molecule has 0 aliphatic rings. The van der Waals surface area contributed by atoms with E-state index in [-0.39, 0.29) is 49.5 Å². The summed E-state index contributed by atoms with van der Waals surface area (Å²) in [4.78, 5) is 41.3. The van der Waals surface area contributed by atoms with E-state index in [1.165, 1.54) is 0 Å². The summed E-state index contributed by atoms with van der Waals surface area (Å²) in [6, 6.07) is 0. The SMILES string of the molecule is CCCCC(CC)C(=O)[O-].CCCCC(CC)C(=O)[O-].CCCCC(CC)C(=O)[O-].CCCCC(CC)C(=O)[O-].[Hf+4]. The third-order valence-corrected chi connectivity index (χ3v) is 6.93. The maximum atomic E-state index is 10.3. The van der Waals surface area contributed by atoms with Crippen molar-refractivity contribution >= 4 is 23.9 Å². The molecule has 0 aromatic heterocycles. The molecule has 0 N–H and O–H groups in total. The van der Waals surface area contributed by atoms with Crippen LogP contribution in [0.3, 0.4) is 0 Å². The van der Waals surface area contributed by atoms with E-state index < -0.39 is 23.9 Å². The van der Waals surface area contributed by atoms with Gasteiger partial charge in [-0.05, 0) is 75.0 Å². The molecule has 0 saturated heterocycles. The third-order valence-electron chi connectivity index (χ3n) is 6.93. The number of carbonyl (C=O) groups is 4. The van der Waals surface area contributed by atoms with Gasteiger partial charge in [0.15, 0.2) is 0 Å². The average molecular weight is 751 g/mol. The molecule has 0 heterocycles. The molecular weight excluding hydrogens is 691 g/mol. The Hall–Kier alpha value is -1.25. The molecule has 0 saturated carbocycles. The average Bonchev–Trinajstić information content (AvgIpc) is 2.91. The van der Waals surface area contributed by atoms with Crippen molar-refractivity contribution in [2.75, 3.05) is 0 Å². The number of aliphatic carboxylic acids is 4. The van der Waals surface area contributed by atoms with Crippen LogP contribution in [0.4, 0.5) is 0 Å². The zero-order valence-corrected chi connectivity index (χ0v) is 31.0. The molecule has 9 heteroatoms. The summed E-state index contributed by atoms with van der Waals surface area (Å²) in [6.07, 6.45) is 14.1. The van der Waals surface area contributed by atoms with E-state index in [2.05, 4.69) is 27.7 Å². The molecule has 0 aliphatic carbocycles. The van der Waals surface area contributed by atoms with Gasteiger partial charge >= 0.3 is 25.8 Å². The fraction of sp³-hybridized carbons (Fsp3) is 0.875. The molecule has 4 atom stereocenters. The van der Waals surface area contributed by atoms with Gasteiger partial charge in [0.25, 0.3) is 0 Å². The molecule has 0 amide bonds. The fourth-order valence-corrected chi connectivity index (χ4v) is 3.76. The topological polar surface area (TPSA) is 161 Å². The van der Waals surface area contributed by atoms with E-state index in [1.54, 1.807) is 0 Å². The standard InChI is InChI=1S/4C8H16O2.Hf/c4*1-3-5-6-7(4-2)8(9)10;/h4*7H,3-6H2,1-2H3,(H,9,10);/q;;;;+4/p-4. The predicted molar refractivity (Wildman–Crippen MR) is 153 cm³/mol. The minimum Gasteiger partial charge on any atom is -0.550 e. The van der Waals surface area contributed by atoms with Crippen LogP contribution in [0.2, 0.25) is 0 Å². The number of unbranched alkanes of at least 4 members (excludes halogenated alkanes) is 4. The Morgan fingerprint density at radius 1 is 0.390 bits per heavy atom. The monoisotopic (exact) mass is 752 g/mol. The van der Waals surface area contributed by atoms with Crippen LogP contribution < -0.4 is 20.4 Å². The molecule has 0 spiro atoms. The molecule has 41 heavy (non-hydrogen) atoms. The summed E-state index contributed by atoms with van der Waals surface area (Å²) < 4.78 is 0. The minimum atomic E-state index is -0.893. The zero-order chi connectivity index (χ0) is 31.9. The van der Waals surface area contributed by atoms with Crippen molar-refractivity contribution in [3.8, 4) is 0 Å². The summed E-state index contributed by atoms with van der Waals surface area (Å²) in [7, 11) is 0. The summed E-state index contributed by atoms with van der Waals surface area (Å²) in [5.74, 6) is -4.46. The van der Waals surface area contributed by atoms with Gasteiger partial charge in [0.05, 0.1) is 0 Å². The van der Waals surface area contributed by atoms with Crippen molar-refractivity contribution < 1.29 is 65.4 Å². The van der Waals surface area contributed by atoms with Crippen molar-refractivity contribution in [2.45, 2.75) is 158 Å². The van der Waals surface area contributed by atoms with Crippen LogP contribution in [-0.2, 0) is 45.0 Å². The first-order valence-electron chi connectivity index (χ1n) is 15.7. The van der Waals surface area contributed by atoms with E-state index >= 15 is 0 Å². The van der Waals surface area contributed by atoms with Gasteiger partial charge in [0, 0.05) is 23.9 Å². The van der Waals surface area contributed by atoms with Gasteiger partial charge < -0.3 is 39.6 Å². The van der Waals surface area contributed by atoms with E-state index in [1.807, 2.05) is 27.7 Å². The maximum Gasteiger partial charge on any atom is 4.00 e. The summed E-state index contributed by atoms with van der Waals surface area (Å²) in [6.45, 7) is 15.8. The second-order valence-corrected chi connectivity index (χ2v) is 10.3. The van der Waals surface area contributed by atoms with Crippen LogP contribution >= 0.6 is 0 Å². The number of carbonyl (C=O) groups excluding carboxylic acids is 4. The van der Waals surface area contributed by atoms with Crippen LogP contribution in [0, 0.1) is 23.7 Å². The van der Waals surface area contributed by atoms with E-state index in [9.17, 15) is 39.6 Å². The van der Waals surface area contributed by atoms with Gasteiger partial charge in [-0.2, -0.15) is 0 Å². The van der Waals surface area contributed by atoms with Crippen LogP contribution in [0.5, 0.6) is 0 Å². The van der Waals surface area contributed by atoms with Gasteiger partial charge in [-0.3, -0.25) is 0 Å². The Balaban J connectivity index is -0.000000139. The van der Waals surface area contributed by atoms with Gasteiger partial charge in [0.2, 0.25) is 0 Å². The van der Waals surface area contributed by atoms with Gasteiger partial charge in [0.1, 0.15) is 0 Å². The summed E-state index contributed by atoms with van der Waals surface area (Å²) >= 11 is 0. The van der Waals surface area contributed by atoms with Gasteiger partial charge in [-0.1, -0.05) is 107 Å². The van der Waals surface area contributed by atoms with Crippen molar-refractivity contribution in [1.29, 1.82) is 0 Å². The fourth-order valence-electron chi connectivity index (χ4n) is 3.76. The Bertz CT molecular complexity index is 509. The molecule has 4 unspecified atom stereocenters. The maximum absolute atomic E-state index is 10.3.